The number of hydrogen-bond acceptors (Lipinski definition) is 3. The zero-order valence-corrected chi connectivity index (χ0v) is 7.73. The van der Waals surface area contributed by atoms with Gasteiger partial charge in [0.25, 0.3) is 5.91 Å². The maximum atomic E-state index is 11.4. The minimum Gasteiger partial charge on any atom is -0.461 e. The van der Waals surface area contributed by atoms with E-state index in [9.17, 15) is 4.79 Å². The number of amides is 1. The van der Waals surface area contributed by atoms with Crippen LogP contribution in [0.15, 0.2) is 35.4 Å². The number of nitrogens with zero attached hydrogens (tertiary/aromatic N) is 1. The zero-order valence-electron chi connectivity index (χ0n) is 7.73. The molecule has 4 heteroatoms. The van der Waals surface area contributed by atoms with Crippen molar-refractivity contribution in [1.29, 1.82) is 0 Å². The molecule has 0 aromatic heterocycles. The van der Waals surface area contributed by atoms with Crippen molar-refractivity contribution < 1.29 is 9.53 Å². The average molecular weight is 190 g/mol. The van der Waals surface area contributed by atoms with Crippen LogP contribution >= 0.6 is 0 Å². The fourth-order valence-electron chi connectivity index (χ4n) is 1.29. The van der Waals surface area contributed by atoms with E-state index in [0.717, 1.165) is 5.56 Å². The van der Waals surface area contributed by atoms with Gasteiger partial charge in [0.05, 0.1) is 0 Å². The smallest absolute Gasteiger partial charge is 0.285 e. The molecule has 0 radical (unpaired) electrons. The lowest BCUT2D eigenvalue weighted by atomic mass is 10.1. The van der Waals surface area contributed by atoms with Crippen LogP contribution in [0.3, 0.4) is 0 Å². The maximum Gasteiger partial charge on any atom is 0.285 e. The number of ether oxygens (including phenoxy) is 1. The quantitative estimate of drug-likeness (QED) is 0.723. The van der Waals surface area contributed by atoms with E-state index in [4.69, 9.17) is 4.74 Å². The maximum absolute atomic E-state index is 11.4. The molecule has 1 aliphatic heterocycles. The highest BCUT2D eigenvalue weighted by Crippen LogP contribution is 2.19. The molecule has 1 aromatic carbocycles. The first kappa shape index (κ1) is 8.74. The van der Waals surface area contributed by atoms with E-state index in [-0.39, 0.29) is 5.91 Å². The van der Waals surface area contributed by atoms with Gasteiger partial charge in [-0.05, 0) is 0 Å². The second-order valence-corrected chi connectivity index (χ2v) is 3.02. The summed E-state index contributed by atoms with van der Waals surface area (Å²) >= 11 is 0. The van der Waals surface area contributed by atoms with Crippen molar-refractivity contribution in [3.63, 3.8) is 0 Å². The second-order valence-electron chi connectivity index (χ2n) is 3.02. The van der Waals surface area contributed by atoms with E-state index in [1.54, 1.807) is 6.92 Å². The van der Waals surface area contributed by atoms with Crippen molar-refractivity contribution in [1.82, 2.24) is 5.43 Å². The summed E-state index contributed by atoms with van der Waals surface area (Å²) in [6.07, 6.45) is -0.575. The van der Waals surface area contributed by atoms with E-state index in [0.29, 0.717) is 5.90 Å². The molecule has 0 fully saturated rings. The van der Waals surface area contributed by atoms with Gasteiger partial charge < -0.3 is 4.74 Å². The van der Waals surface area contributed by atoms with Crippen molar-refractivity contribution in [3.8, 4) is 0 Å². The largest absolute Gasteiger partial charge is 0.461 e. The Kier molecular flexibility index (Phi) is 2.18. The second kappa shape index (κ2) is 3.49. The first-order valence-electron chi connectivity index (χ1n) is 4.33. The van der Waals surface area contributed by atoms with Gasteiger partial charge in [-0.3, -0.25) is 4.79 Å². The summed E-state index contributed by atoms with van der Waals surface area (Å²) in [7, 11) is 0. The third-order valence-corrected chi connectivity index (χ3v) is 1.95. The van der Waals surface area contributed by atoms with Crippen LogP contribution in [0, 0.1) is 0 Å². The van der Waals surface area contributed by atoms with Crippen LogP contribution in [-0.2, 0) is 9.53 Å². The number of hydrogen-bond donors (Lipinski definition) is 1. The Hall–Kier alpha value is -1.84. The first-order valence-corrected chi connectivity index (χ1v) is 4.33. The summed E-state index contributed by atoms with van der Waals surface area (Å²) in [5.41, 5.74) is 3.24. The van der Waals surface area contributed by atoms with Crippen LogP contribution in [-0.4, -0.2) is 11.8 Å². The molecule has 1 aliphatic rings. The minimum atomic E-state index is -0.575. The van der Waals surface area contributed by atoms with Crippen LogP contribution in [0.2, 0.25) is 0 Å². The van der Waals surface area contributed by atoms with Gasteiger partial charge in [-0.25, -0.2) is 5.43 Å². The molecule has 1 aromatic rings. The van der Waals surface area contributed by atoms with Crippen molar-refractivity contribution >= 4 is 11.8 Å². The van der Waals surface area contributed by atoms with Crippen molar-refractivity contribution in [3.05, 3.63) is 35.9 Å². The Balaban J connectivity index is 2.27. The lowest BCUT2D eigenvalue weighted by Crippen LogP contribution is -2.34. The van der Waals surface area contributed by atoms with Gasteiger partial charge in [-0.2, -0.15) is 0 Å². The van der Waals surface area contributed by atoms with Gasteiger partial charge in [-0.1, -0.05) is 30.3 Å². The summed E-state index contributed by atoms with van der Waals surface area (Å²) < 4.78 is 5.32. The number of rotatable bonds is 1. The van der Waals surface area contributed by atoms with E-state index in [1.807, 2.05) is 30.3 Å². The minimum absolute atomic E-state index is 0.234. The van der Waals surface area contributed by atoms with Crippen LogP contribution in [0.4, 0.5) is 0 Å². The first-order chi connectivity index (χ1) is 6.77. The number of carbonyl (C=O) groups is 1. The molecule has 0 bridgehead atoms. The molecule has 2 rings (SSSR count). The SMILES string of the molecule is CC1=NNC(=O)[C@H](c2ccccc2)O1. The average Bonchev–Trinajstić information content (AvgIpc) is 2.23. The fourth-order valence-corrected chi connectivity index (χ4v) is 1.29. The Bertz CT molecular complexity index is 373. The molecular formula is C10H10N2O2. The van der Waals surface area contributed by atoms with Gasteiger partial charge >= 0.3 is 0 Å². The van der Waals surface area contributed by atoms with Gasteiger partial charge in [0.15, 0.2) is 0 Å². The van der Waals surface area contributed by atoms with Crippen LogP contribution in [0.5, 0.6) is 0 Å². The molecule has 4 nitrogen and oxygen atoms in total. The highest BCUT2D eigenvalue weighted by molar-refractivity contribution is 5.89. The number of carbonyl (C=O) groups excluding carboxylic acids is 1. The molecule has 1 atom stereocenters. The lowest BCUT2D eigenvalue weighted by molar-refractivity contribution is -0.130. The highest BCUT2D eigenvalue weighted by Gasteiger charge is 2.25. The standard InChI is InChI=1S/C10H10N2O2/c1-7-11-12-10(13)9(14-7)8-5-3-2-4-6-8/h2-6,9H,1H3,(H,12,13)/t9-/m0/s1. The summed E-state index contributed by atoms with van der Waals surface area (Å²) in [6, 6.07) is 9.33. The normalized spacial score (nSPS) is 20.8. The summed E-state index contributed by atoms with van der Waals surface area (Å²) in [4.78, 5) is 11.4. The monoisotopic (exact) mass is 190 g/mol. The molecular weight excluding hydrogens is 180 g/mol. The van der Waals surface area contributed by atoms with E-state index in [2.05, 4.69) is 10.5 Å². The number of nitrogens with one attached hydrogen (secondary N) is 1. The Morgan fingerprint density at radius 2 is 2.07 bits per heavy atom. The van der Waals surface area contributed by atoms with Crippen LogP contribution in [0.1, 0.15) is 18.6 Å². The lowest BCUT2D eigenvalue weighted by Gasteiger charge is -2.21. The van der Waals surface area contributed by atoms with Crippen LogP contribution in [0.25, 0.3) is 0 Å². The van der Waals surface area contributed by atoms with Gasteiger partial charge in [-0.15, -0.1) is 5.10 Å². The molecule has 0 saturated carbocycles. The predicted octanol–water partition coefficient (Wildman–Crippen LogP) is 1.21. The molecule has 0 spiro atoms. The number of hydrazone groups is 1. The summed E-state index contributed by atoms with van der Waals surface area (Å²) in [6.45, 7) is 1.70. The van der Waals surface area contributed by atoms with E-state index < -0.39 is 6.10 Å². The molecule has 14 heavy (non-hydrogen) atoms. The molecule has 1 heterocycles. The third-order valence-electron chi connectivity index (χ3n) is 1.95. The highest BCUT2D eigenvalue weighted by atomic mass is 16.5. The predicted molar refractivity (Wildman–Crippen MR) is 51.5 cm³/mol. The molecule has 72 valence electrons. The summed E-state index contributed by atoms with van der Waals surface area (Å²) in [5, 5.41) is 3.68. The topological polar surface area (TPSA) is 50.7 Å². The zero-order chi connectivity index (χ0) is 9.97. The Morgan fingerprint density at radius 3 is 2.79 bits per heavy atom. The molecule has 0 unspecified atom stereocenters. The molecule has 1 amide bonds. The van der Waals surface area contributed by atoms with Crippen LogP contribution < -0.4 is 5.43 Å². The summed E-state index contributed by atoms with van der Waals surface area (Å²) in [5.74, 6) is 0.236. The van der Waals surface area contributed by atoms with Gasteiger partial charge in [0, 0.05) is 12.5 Å². The van der Waals surface area contributed by atoms with Gasteiger partial charge in [0.1, 0.15) is 0 Å². The van der Waals surface area contributed by atoms with Crippen molar-refractivity contribution in [2.75, 3.05) is 0 Å². The Labute approximate surface area is 81.6 Å². The van der Waals surface area contributed by atoms with Crippen molar-refractivity contribution in [2.45, 2.75) is 13.0 Å². The Morgan fingerprint density at radius 1 is 1.36 bits per heavy atom. The van der Waals surface area contributed by atoms with Crippen molar-refractivity contribution in [2.24, 2.45) is 5.10 Å². The third kappa shape index (κ3) is 1.59. The van der Waals surface area contributed by atoms with E-state index in [1.165, 1.54) is 0 Å². The number of benzene rings is 1. The molecule has 0 saturated heterocycles. The molecule has 0 aliphatic carbocycles. The molecule has 1 N–H and O–H groups in total. The fraction of sp³-hybridized carbons (Fsp3) is 0.200. The van der Waals surface area contributed by atoms with E-state index >= 15 is 0 Å². The van der Waals surface area contributed by atoms with Gasteiger partial charge in [0.2, 0.25) is 12.0 Å².